The summed E-state index contributed by atoms with van der Waals surface area (Å²) in [6.07, 6.45) is -13.7. The fraction of sp³-hybridized carbons (Fsp3) is 0.765. The van der Waals surface area contributed by atoms with Gasteiger partial charge >= 0.3 is 17.9 Å². The third-order valence-corrected chi connectivity index (χ3v) is 12.4. The summed E-state index contributed by atoms with van der Waals surface area (Å²) >= 11 is 0. The summed E-state index contributed by atoms with van der Waals surface area (Å²) in [5.41, 5.74) is -3.97. The maximum atomic E-state index is 14.0. The Morgan fingerprint density at radius 3 is 2.34 bits per heavy atom. The Bertz CT molecular complexity index is 1500. The number of ketones is 1. The molecule has 0 aromatic rings. The number of carbonyl (C=O) groups excluding carboxylic acids is 4. The molecule has 50 heavy (non-hydrogen) atoms. The number of Topliss-reactive ketones (excluding diaryl/α,β-unsaturated/α-hetero) is 1. The lowest BCUT2D eigenvalue weighted by atomic mass is 9.38. The van der Waals surface area contributed by atoms with Crippen LogP contribution < -0.4 is 0 Å². The van der Waals surface area contributed by atoms with Crippen LogP contribution in [0.1, 0.15) is 47.5 Å². The second-order valence-electron chi connectivity index (χ2n) is 15.1. The van der Waals surface area contributed by atoms with E-state index >= 15 is 0 Å². The largest absolute Gasteiger partial charge is 0.467 e. The summed E-state index contributed by atoms with van der Waals surface area (Å²) in [6.45, 7) is 7.74. The van der Waals surface area contributed by atoms with Crippen LogP contribution in [0.2, 0.25) is 0 Å². The fourth-order valence-electron chi connectivity index (χ4n) is 9.80. The average molecular weight is 711 g/mol. The molecular weight excluding hydrogens is 664 g/mol. The highest BCUT2D eigenvalue weighted by atomic mass is 16.7. The van der Waals surface area contributed by atoms with Crippen LogP contribution in [0.25, 0.3) is 0 Å². The van der Waals surface area contributed by atoms with Gasteiger partial charge in [-0.1, -0.05) is 26.3 Å². The van der Waals surface area contributed by atoms with E-state index in [1.54, 1.807) is 20.8 Å². The molecular formula is C34H46O16. The molecule has 278 valence electrons. The van der Waals surface area contributed by atoms with Gasteiger partial charge in [-0.2, -0.15) is 0 Å². The number of allylic oxidation sites excluding steroid dienone is 3. The SMILES string of the molecule is COC(=O)[C@@]12OC[C@]34[C@H]([C@@H](O)[C@@H]1O)[C@@]1(C)CC(=O)C(O[C@@H]5O[C@H](CO)[C@@H](O)[C@H](O)[C@H]5O)=C(C)[C@@H]1C[C@H]3OC(=O)[C@H](OC(=O)/C=C(\C)C(C)C)[C@@H]24. The number of methoxy groups -OCH3 is 1. The highest BCUT2D eigenvalue weighted by Gasteiger charge is 2.85. The summed E-state index contributed by atoms with van der Waals surface area (Å²) in [5.74, 6) is -6.90. The molecule has 3 saturated heterocycles. The number of carbonyl (C=O) groups is 4. The quantitative estimate of drug-likeness (QED) is 0.0991. The number of aliphatic hydroxyl groups is 6. The monoisotopic (exact) mass is 710 g/mol. The van der Waals surface area contributed by atoms with Gasteiger partial charge < -0.3 is 59.1 Å². The van der Waals surface area contributed by atoms with Crippen molar-refractivity contribution in [2.45, 2.75) is 108 Å². The van der Waals surface area contributed by atoms with Gasteiger partial charge in [0.15, 0.2) is 11.5 Å². The maximum absolute atomic E-state index is 14.0. The molecule has 5 fully saturated rings. The van der Waals surface area contributed by atoms with Gasteiger partial charge in [-0.25, -0.2) is 14.4 Å². The van der Waals surface area contributed by atoms with Crippen LogP contribution in [0.5, 0.6) is 0 Å². The molecule has 3 heterocycles. The molecule has 15 atom stereocenters. The molecule has 2 saturated carbocycles. The zero-order valence-electron chi connectivity index (χ0n) is 28.7. The second kappa shape index (κ2) is 12.6. The van der Waals surface area contributed by atoms with Crippen molar-refractivity contribution < 1.29 is 78.2 Å². The van der Waals surface area contributed by atoms with Gasteiger partial charge in [0, 0.05) is 23.8 Å². The molecule has 6 rings (SSSR count). The summed E-state index contributed by atoms with van der Waals surface area (Å²) in [7, 11) is 1.06. The lowest BCUT2D eigenvalue weighted by Gasteiger charge is -2.67. The summed E-state index contributed by atoms with van der Waals surface area (Å²) in [5, 5.41) is 64.6. The topological polar surface area (TPSA) is 245 Å². The normalized spacial score (nSPS) is 46.9. The predicted molar refractivity (Wildman–Crippen MR) is 164 cm³/mol. The first-order valence-electron chi connectivity index (χ1n) is 16.8. The number of rotatable bonds is 7. The van der Waals surface area contributed by atoms with Crippen LogP contribution in [0.4, 0.5) is 0 Å². The van der Waals surface area contributed by atoms with Gasteiger partial charge in [0.05, 0.1) is 32.3 Å². The van der Waals surface area contributed by atoms with E-state index in [1.165, 1.54) is 6.08 Å². The van der Waals surface area contributed by atoms with Crippen molar-refractivity contribution in [1.82, 2.24) is 0 Å². The van der Waals surface area contributed by atoms with E-state index in [4.69, 9.17) is 28.4 Å². The van der Waals surface area contributed by atoms with Crippen molar-refractivity contribution in [1.29, 1.82) is 0 Å². The van der Waals surface area contributed by atoms with Crippen molar-refractivity contribution >= 4 is 23.7 Å². The van der Waals surface area contributed by atoms with Crippen LogP contribution in [-0.4, -0.2) is 135 Å². The molecule has 3 aliphatic carbocycles. The number of hydrogen-bond acceptors (Lipinski definition) is 16. The van der Waals surface area contributed by atoms with Crippen LogP contribution in [0.3, 0.4) is 0 Å². The predicted octanol–water partition coefficient (Wildman–Crippen LogP) is -1.59. The minimum absolute atomic E-state index is 0.0225. The summed E-state index contributed by atoms with van der Waals surface area (Å²) in [4.78, 5) is 54.6. The lowest BCUT2D eigenvalue weighted by molar-refractivity contribution is -0.296. The van der Waals surface area contributed by atoms with Crippen molar-refractivity contribution in [3.63, 3.8) is 0 Å². The molecule has 0 unspecified atom stereocenters. The van der Waals surface area contributed by atoms with Crippen molar-refractivity contribution in [3.05, 3.63) is 23.0 Å². The summed E-state index contributed by atoms with van der Waals surface area (Å²) in [6, 6.07) is 0. The number of fused-ring (bicyclic) bond motifs is 2. The number of aliphatic hydroxyl groups excluding tert-OH is 6. The molecule has 3 aliphatic heterocycles. The van der Waals surface area contributed by atoms with Gasteiger partial charge in [-0.15, -0.1) is 0 Å². The molecule has 0 aromatic carbocycles. The number of esters is 3. The molecule has 2 bridgehead atoms. The third kappa shape index (κ3) is 4.94. The van der Waals surface area contributed by atoms with Crippen molar-refractivity contribution in [2.75, 3.05) is 20.3 Å². The Balaban J connectivity index is 1.44. The van der Waals surface area contributed by atoms with Crippen LogP contribution in [0.15, 0.2) is 23.0 Å². The molecule has 1 spiro atoms. The first-order chi connectivity index (χ1) is 23.4. The molecule has 0 radical (unpaired) electrons. The Hall–Kier alpha value is -2.96. The molecule has 16 heteroatoms. The highest BCUT2D eigenvalue weighted by molar-refractivity contribution is 5.96. The van der Waals surface area contributed by atoms with Gasteiger partial charge in [0.1, 0.15) is 36.6 Å². The Kier molecular flexibility index (Phi) is 9.29. The number of hydrogen-bond donors (Lipinski definition) is 6. The van der Waals surface area contributed by atoms with Gasteiger partial charge in [0.25, 0.3) is 0 Å². The standard InChI is InChI=1S/C34H46O16/c1-12(2)13(3)7-19(37)49-25-27-33-11-46-34(27,31(44)45-6)28(42)23(41)26(33)32(5)9-16(36)24(14(4)15(32)8-18(33)48-29(25)43)50-30-22(40)21(39)20(38)17(10-35)47-30/h7,12,15,17-18,20-23,25-28,30,35,38-42H,8-11H2,1-6H3/b13-7+/t15-,17+,18+,20+,21-,22+,23+,25+,26+,27+,28-,30-,32-,33+,34-/m0/s1. The van der Waals surface area contributed by atoms with Gasteiger partial charge in [0.2, 0.25) is 18.0 Å². The van der Waals surface area contributed by atoms with E-state index in [0.717, 1.165) is 7.11 Å². The molecule has 6 aliphatic rings. The minimum Gasteiger partial charge on any atom is -0.467 e. The van der Waals surface area contributed by atoms with E-state index in [2.05, 4.69) is 0 Å². The van der Waals surface area contributed by atoms with Crippen LogP contribution in [-0.2, 0) is 47.6 Å². The Morgan fingerprint density at radius 2 is 1.72 bits per heavy atom. The highest BCUT2D eigenvalue weighted by Crippen LogP contribution is 2.73. The van der Waals surface area contributed by atoms with E-state index in [-0.39, 0.29) is 31.1 Å². The summed E-state index contributed by atoms with van der Waals surface area (Å²) < 4.78 is 34.3. The molecule has 0 amide bonds. The lowest BCUT2D eigenvalue weighted by Crippen LogP contribution is -2.79. The average Bonchev–Trinajstić information content (AvgIpc) is 3.37. The van der Waals surface area contributed by atoms with Gasteiger partial charge in [-0.05, 0) is 43.1 Å². The zero-order valence-corrected chi connectivity index (χ0v) is 28.7. The second-order valence-corrected chi connectivity index (χ2v) is 15.1. The third-order valence-electron chi connectivity index (χ3n) is 12.4. The van der Waals surface area contributed by atoms with E-state index in [1.807, 2.05) is 13.8 Å². The smallest absolute Gasteiger partial charge is 0.348 e. The molecule has 0 aromatic heterocycles. The zero-order chi connectivity index (χ0) is 36.8. The molecule has 6 N–H and O–H groups in total. The number of ether oxygens (including phenoxy) is 6. The van der Waals surface area contributed by atoms with Crippen LogP contribution >= 0.6 is 0 Å². The fourth-order valence-corrected chi connectivity index (χ4v) is 9.80. The van der Waals surface area contributed by atoms with E-state index in [9.17, 15) is 49.8 Å². The Morgan fingerprint density at radius 1 is 1.04 bits per heavy atom. The van der Waals surface area contributed by atoms with Crippen molar-refractivity contribution in [3.8, 4) is 0 Å². The van der Waals surface area contributed by atoms with Gasteiger partial charge in [-0.3, -0.25) is 4.79 Å². The molecule has 16 nitrogen and oxygen atoms in total. The van der Waals surface area contributed by atoms with E-state index < -0.39 is 120 Å². The first-order valence-corrected chi connectivity index (χ1v) is 16.8. The maximum Gasteiger partial charge on any atom is 0.348 e. The first kappa shape index (κ1) is 36.8. The van der Waals surface area contributed by atoms with Crippen molar-refractivity contribution in [2.24, 2.45) is 34.5 Å². The Labute approximate surface area is 287 Å². The minimum atomic E-state index is -2.33. The van der Waals surface area contributed by atoms with Crippen LogP contribution in [0, 0.1) is 34.5 Å². The van der Waals surface area contributed by atoms with E-state index in [0.29, 0.717) is 11.1 Å².